The van der Waals surface area contributed by atoms with Crippen molar-refractivity contribution in [3.63, 3.8) is 0 Å². The fraction of sp³-hybridized carbons (Fsp3) is 0.300. The Bertz CT molecular complexity index is 1750. The second-order valence-electron chi connectivity index (χ2n) is 10.1. The molecule has 0 radical (unpaired) electrons. The molecule has 4 heterocycles. The minimum Gasteiger partial charge on any atom is -0.545 e. The number of carbonyl (C=O) groups excluding carboxylic acids is 1. The van der Waals surface area contributed by atoms with Crippen molar-refractivity contribution < 1.29 is 58.1 Å². The standard InChI is InChI=1S/C30H28FN7O5.Na/c1-41-25-11-19(14-32)5-6-20(25)17-43-28-4-2-3-26(34-28)36-8-9-37(33-18-36)16-27-35-29-23(31)12-21(30(39)40)13-24(29)38(27)15-22-7-10-42-22;/h2-6,11-13,18,22H,7-10,15-17H2,1H3,(H,39,40);/q;+1/p-1/t22-;/m0./s1. The molecule has 2 aliphatic heterocycles. The summed E-state index contributed by atoms with van der Waals surface area (Å²) < 4.78 is 33.5. The summed E-state index contributed by atoms with van der Waals surface area (Å²) in [7, 11) is 1.54. The Morgan fingerprint density at radius 2 is 2.05 bits per heavy atom. The molecule has 1 saturated heterocycles. The van der Waals surface area contributed by atoms with E-state index in [9.17, 15) is 14.3 Å². The predicted octanol–water partition coefficient (Wildman–Crippen LogP) is -0.548. The van der Waals surface area contributed by atoms with Crippen LogP contribution in [0.15, 0.2) is 53.6 Å². The van der Waals surface area contributed by atoms with E-state index in [1.165, 1.54) is 6.07 Å². The van der Waals surface area contributed by atoms with Crippen LogP contribution < -0.4 is 49.0 Å². The number of carbonyl (C=O) groups is 1. The van der Waals surface area contributed by atoms with Crippen LogP contribution in [-0.2, 0) is 24.4 Å². The predicted molar refractivity (Wildman–Crippen MR) is 151 cm³/mol. The molecule has 2 aromatic heterocycles. The molecule has 0 aliphatic carbocycles. The average molecular weight is 608 g/mol. The first-order valence-electron chi connectivity index (χ1n) is 13.7. The third-order valence-electron chi connectivity index (χ3n) is 7.37. The van der Waals surface area contributed by atoms with E-state index in [1.54, 1.807) is 37.7 Å². The van der Waals surface area contributed by atoms with E-state index in [2.05, 4.69) is 21.1 Å². The number of carboxylic acids is 1. The summed E-state index contributed by atoms with van der Waals surface area (Å²) in [4.78, 5) is 22.5. The van der Waals surface area contributed by atoms with Crippen LogP contribution in [0.1, 0.15) is 33.7 Å². The number of fused-ring (bicyclic) bond motifs is 1. The molecule has 0 spiro atoms. The number of anilines is 1. The number of nitrogens with zero attached hydrogens (tertiary/aromatic N) is 7. The molecular formula is C30H27FN7NaO5. The molecule has 2 aromatic carbocycles. The summed E-state index contributed by atoms with van der Waals surface area (Å²) >= 11 is 0. The van der Waals surface area contributed by atoms with Crippen LogP contribution in [0.25, 0.3) is 11.0 Å². The quantitative estimate of drug-likeness (QED) is 0.216. The van der Waals surface area contributed by atoms with Gasteiger partial charge in [-0.05, 0) is 36.8 Å². The first-order valence-corrected chi connectivity index (χ1v) is 13.7. The van der Waals surface area contributed by atoms with Crippen molar-refractivity contribution in [1.29, 1.82) is 5.26 Å². The van der Waals surface area contributed by atoms with Crippen LogP contribution in [0.4, 0.5) is 10.2 Å². The number of aromatic carboxylic acids is 1. The van der Waals surface area contributed by atoms with E-state index in [0.717, 1.165) is 18.1 Å². The third kappa shape index (κ3) is 6.63. The van der Waals surface area contributed by atoms with Gasteiger partial charge in [-0.2, -0.15) is 15.3 Å². The number of aromatic nitrogens is 3. The number of hydrogen-bond acceptors (Lipinski definition) is 11. The summed E-state index contributed by atoms with van der Waals surface area (Å²) in [5.41, 5.74) is 1.53. The molecule has 0 bridgehead atoms. The largest absolute Gasteiger partial charge is 1.00 e. The van der Waals surface area contributed by atoms with E-state index < -0.39 is 11.8 Å². The maximum Gasteiger partial charge on any atom is 1.00 e. The molecule has 4 aromatic rings. The molecule has 6 rings (SSSR count). The van der Waals surface area contributed by atoms with E-state index in [1.807, 2.05) is 26.6 Å². The van der Waals surface area contributed by atoms with Crippen molar-refractivity contribution in [2.24, 2.45) is 5.10 Å². The first-order chi connectivity index (χ1) is 20.9. The van der Waals surface area contributed by atoms with Crippen molar-refractivity contribution in [3.05, 3.63) is 76.9 Å². The van der Waals surface area contributed by atoms with Crippen LogP contribution in [0.2, 0.25) is 0 Å². The van der Waals surface area contributed by atoms with Gasteiger partial charge in [0.15, 0.2) is 5.82 Å². The molecule has 12 nitrogen and oxygen atoms in total. The van der Waals surface area contributed by atoms with Crippen LogP contribution in [0.5, 0.6) is 11.6 Å². The number of nitriles is 1. The minimum absolute atomic E-state index is 0. The SMILES string of the molecule is COc1cc(C#N)ccc1COc1cccc(N2C=NN(Cc3nc4c(F)cc(C(=O)[O-])cc4n3C[C@@H]3CCO3)CC2)n1.[Na+]. The number of halogens is 1. The Balaban J connectivity index is 0.00000384. The van der Waals surface area contributed by atoms with Gasteiger partial charge in [-0.15, -0.1) is 0 Å². The summed E-state index contributed by atoms with van der Waals surface area (Å²) in [6.45, 7) is 2.68. The average Bonchev–Trinajstić information content (AvgIpc) is 3.35. The van der Waals surface area contributed by atoms with Gasteiger partial charge in [0.25, 0.3) is 0 Å². The number of rotatable bonds is 10. The maximum absolute atomic E-state index is 14.8. The van der Waals surface area contributed by atoms with Gasteiger partial charge in [0.2, 0.25) is 5.88 Å². The number of pyridine rings is 1. The number of methoxy groups -OCH3 is 1. The molecule has 44 heavy (non-hydrogen) atoms. The molecule has 0 saturated carbocycles. The molecule has 1 atom stereocenters. The number of benzene rings is 2. The van der Waals surface area contributed by atoms with Crippen molar-refractivity contribution in [2.45, 2.75) is 32.2 Å². The molecule has 1 fully saturated rings. The number of hydrogen-bond donors (Lipinski definition) is 0. The number of ether oxygens (including phenoxy) is 3. The zero-order valence-corrected chi connectivity index (χ0v) is 26.3. The summed E-state index contributed by atoms with van der Waals surface area (Å²) in [6, 6.07) is 15.0. The number of hydrazone groups is 1. The topological polar surface area (TPSA) is 141 Å². The Hall–Kier alpha value is -4.22. The molecule has 2 aliphatic rings. The van der Waals surface area contributed by atoms with Gasteiger partial charge in [0.1, 0.15) is 35.9 Å². The zero-order valence-electron chi connectivity index (χ0n) is 24.3. The van der Waals surface area contributed by atoms with E-state index in [4.69, 9.17) is 19.5 Å². The monoisotopic (exact) mass is 607 g/mol. The van der Waals surface area contributed by atoms with E-state index >= 15 is 0 Å². The third-order valence-corrected chi connectivity index (χ3v) is 7.37. The van der Waals surface area contributed by atoms with Gasteiger partial charge in [0, 0.05) is 30.3 Å². The molecule has 0 unspecified atom stereocenters. The van der Waals surface area contributed by atoms with Crippen molar-refractivity contribution in [2.75, 3.05) is 31.7 Å². The summed E-state index contributed by atoms with van der Waals surface area (Å²) in [5.74, 6) is 0.0215. The van der Waals surface area contributed by atoms with Gasteiger partial charge >= 0.3 is 29.6 Å². The van der Waals surface area contributed by atoms with E-state index in [-0.39, 0.29) is 59.9 Å². The zero-order chi connectivity index (χ0) is 29.9. The first kappa shape index (κ1) is 31.2. The Kier molecular flexibility index (Phi) is 9.65. The van der Waals surface area contributed by atoms with Crippen molar-refractivity contribution >= 4 is 29.2 Å². The normalized spacial score (nSPS) is 15.8. The fourth-order valence-electron chi connectivity index (χ4n) is 4.96. The van der Waals surface area contributed by atoms with Gasteiger partial charge in [-0.1, -0.05) is 12.1 Å². The Morgan fingerprint density at radius 3 is 2.73 bits per heavy atom. The Labute approximate surface area is 274 Å². The molecule has 0 amide bonds. The molecular weight excluding hydrogens is 580 g/mol. The second kappa shape index (κ2) is 13.6. The maximum atomic E-state index is 14.8. The second-order valence-corrected chi connectivity index (χ2v) is 10.1. The van der Waals surface area contributed by atoms with Gasteiger partial charge in [0.05, 0.1) is 56.0 Å². The Morgan fingerprint density at radius 1 is 1.20 bits per heavy atom. The van der Waals surface area contributed by atoms with Crippen LogP contribution in [-0.4, -0.2) is 64.8 Å². The minimum atomic E-state index is -1.45. The van der Waals surface area contributed by atoms with Crippen molar-refractivity contribution in [3.8, 4) is 17.7 Å². The fourth-order valence-corrected chi connectivity index (χ4v) is 4.96. The number of carboxylic acid groups (broad SMARTS) is 1. The number of imidazole rings is 1. The molecule has 0 N–H and O–H groups in total. The van der Waals surface area contributed by atoms with Gasteiger partial charge in [-0.3, -0.25) is 5.01 Å². The van der Waals surface area contributed by atoms with E-state index in [0.29, 0.717) is 60.6 Å². The van der Waals surface area contributed by atoms with Crippen LogP contribution >= 0.6 is 0 Å². The molecule has 220 valence electrons. The van der Waals surface area contributed by atoms with Gasteiger partial charge < -0.3 is 33.6 Å². The van der Waals surface area contributed by atoms with Crippen molar-refractivity contribution in [1.82, 2.24) is 19.5 Å². The molecule has 14 heteroatoms. The van der Waals surface area contributed by atoms with Crippen LogP contribution in [0, 0.1) is 17.1 Å². The van der Waals surface area contributed by atoms with Crippen LogP contribution in [0.3, 0.4) is 0 Å². The summed E-state index contributed by atoms with van der Waals surface area (Å²) in [5, 5.41) is 26.9. The summed E-state index contributed by atoms with van der Waals surface area (Å²) in [6.07, 6.45) is 2.47. The van der Waals surface area contributed by atoms with Gasteiger partial charge in [-0.25, -0.2) is 9.37 Å². The smallest absolute Gasteiger partial charge is 0.545 e.